The second kappa shape index (κ2) is 11.3. The molecule has 0 bridgehead atoms. The van der Waals surface area contributed by atoms with Gasteiger partial charge in [-0.3, -0.25) is 9.59 Å². The van der Waals surface area contributed by atoms with E-state index in [4.69, 9.17) is 5.73 Å². The van der Waals surface area contributed by atoms with Gasteiger partial charge in [-0.2, -0.15) is 0 Å². The summed E-state index contributed by atoms with van der Waals surface area (Å²) in [6.45, 7) is 6.63. The molecular weight excluding hydrogens is 410 g/mol. The van der Waals surface area contributed by atoms with Crippen molar-refractivity contribution in [3.63, 3.8) is 0 Å². The number of aryl methyl sites for hydroxylation is 1. The lowest BCUT2D eigenvalue weighted by molar-refractivity contribution is -0.129. The molecule has 0 atom stereocenters. The van der Waals surface area contributed by atoms with Crippen molar-refractivity contribution in [1.29, 1.82) is 0 Å². The fourth-order valence-corrected chi connectivity index (χ4v) is 4.82. The number of aromatic nitrogens is 3. The highest BCUT2D eigenvalue weighted by Crippen LogP contribution is 2.24. The van der Waals surface area contributed by atoms with Gasteiger partial charge in [-0.1, -0.05) is 55.9 Å². The lowest BCUT2D eigenvalue weighted by Crippen LogP contribution is -2.39. The first kappa shape index (κ1) is 23.3. The summed E-state index contributed by atoms with van der Waals surface area (Å²) >= 11 is 1.43. The molecule has 2 N–H and O–H groups in total. The number of primary amides is 1. The summed E-state index contributed by atoms with van der Waals surface area (Å²) in [5.41, 5.74) is 6.65. The van der Waals surface area contributed by atoms with Crippen molar-refractivity contribution in [2.45, 2.75) is 57.7 Å². The molecule has 8 heteroatoms. The summed E-state index contributed by atoms with van der Waals surface area (Å²) in [6.07, 6.45) is 3.90. The molecule has 1 aromatic heterocycles. The lowest BCUT2D eigenvalue weighted by Gasteiger charge is -2.32. The van der Waals surface area contributed by atoms with Crippen LogP contribution in [0.15, 0.2) is 35.5 Å². The van der Waals surface area contributed by atoms with Crippen LogP contribution >= 0.6 is 11.8 Å². The fraction of sp³-hybridized carbons (Fsp3) is 0.565. The maximum Gasteiger partial charge on any atom is 0.233 e. The van der Waals surface area contributed by atoms with Crippen molar-refractivity contribution in [3.05, 3.63) is 41.7 Å². The Labute approximate surface area is 188 Å². The average Bonchev–Trinajstić information content (AvgIpc) is 3.12. The third kappa shape index (κ3) is 7.09. The number of amides is 2. The van der Waals surface area contributed by atoms with E-state index in [1.54, 1.807) is 0 Å². The highest BCUT2D eigenvalue weighted by atomic mass is 32.2. The number of nitrogens with two attached hydrogens (primary N) is 1. The number of likely N-dealkylation sites (tertiary alicyclic amines) is 1. The van der Waals surface area contributed by atoms with Crippen LogP contribution in [0.4, 0.5) is 0 Å². The molecule has 7 nitrogen and oxygen atoms in total. The first-order chi connectivity index (χ1) is 14.9. The molecule has 168 valence electrons. The van der Waals surface area contributed by atoms with Crippen LogP contribution in [0.25, 0.3) is 0 Å². The second-order valence-electron chi connectivity index (χ2n) is 8.67. The zero-order valence-electron chi connectivity index (χ0n) is 18.5. The maximum atomic E-state index is 12.8. The Hall–Kier alpha value is -2.35. The minimum atomic E-state index is -0.348. The summed E-state index contributed by atoms with van der Waals surface area (Å²) in [6, 6.07) is 10.6. The number of carbonyl (C=O) groups is 2. The molecule has 2 heterocycles. The third-order valence-electron chi connectivity index (χ3n) is 5.60. The van der Waals surface area contributed by atoms with Gasteiger partial charge in [-0.15, -0.1) is 10.2 Å². The van der Waals surface area contributed by atoms with Gasteiger partial charge < -0.3 is 15.2 Å². The number of hydrogen-bond donors (Lipinski definition) is 1. The molecule has 1 fully saturated rings. The SMILES string of the molecule is CC(C)Cn1c(CCC(N)=O)nnc1SCC(=O)N1CCC(Cc2ccccc2)CC1. The van der Waals surface area contributed by atoms with Crippen LogP contribution in [-0.4, -0.2) is 50.3 Å². The van der Waals surface area contributed by atoms with E-state index < -0.39 is 0 Å². The standard InChI is InChI=1S/C23H33N5O2S/c1-17(2)15-28-21(9-8-20(24)29)25-26-23(28)31-16-22(30)27-12-10-19(11-13-27)14-18-6-4-3-5-7-18/h3-7,17,19H,8-16H2,1-2H3,(H2,24,29). The van der Waals surface area contributed by atoms with Crippen LogP contribution in [0, 0.1) is 11.8 Å². The van der Waals surface area contributed by atoms with Crippen LogP contribution in [0.1, 0.15) is 44.5 Å². The van der Waals surface area contributed by atoms with Gasteiger partial charge in [0, 0.05) is 32.5 Å². The smallest absolute Gasteiger partial charge is 0.233 e. The Kier molecular flexibility index (Phi) is 8.51. The van der Waals surface area contributed by atoms with Crippen LogP contribution < -0.4 is 5.73 Å². The van der Waals surface area contributed by atoms with Gasteiger partial charge in [0.05, 0.1) is 5.75 Å². The van der Waals surface area contributed by atoms with Crippen LogP contribution in [0.5, 0.6) is 0 Å². The van der Waals surface area contributed by atoms with E-state index in [2.05, 4.69) is 48.3 Å². The number of thioether (sulfide) groups is 1. The maximum absolute atomic E-state index is 12.8. The third-order valence-corrected chi connectivity index (χ3v) is 6.55. The molecule has 2 amide bonds. The molecule has 1 aliphatic rings. The van der Waals surface area contributed by atoms with E-state index in [0.717, 1.165) is 49.9 Å². The zero-order chi connectivity index (χ0) is 22.2. The van der Waals surface area contributed by atoms with Crippen molar-refractivity contribution >= 4 is 23.6 Å². The van der Waals surface area contributed by atoms with E-state index in [9.17, 15) is 9.59 Å². The number of nitrogens with zero attached hydrogens (tertiary/aromatic N) is 4. The first-order valence-electron chi connectivity index (χ1n) is 11.1. The molecule has 0 spiro atoms. The summed E-state index contributed by atoms with van der Waals surface area (Å²) in [5, 5.41) is 9.25. The van der Waals surface area contributed by atoms with Crippen LogP contribution in [0.2, 0.25) is 0 Å². The minimum absolute atomic E-state index is 0.154. The number of carbonyl (C=O) groups excluding carboxylic acids is 2. The molecule has 1 aliphatic heterocycles. The van der Waals surface area contributed by atoms with E-state index in [1.165, 1.54) is 17.3 Å². The van der Waals surface area contributed by atoms with Crippen molar-refractivity contribution < 1.29 is 9.59 Å². The minimum Gasteiger partial charge on any atom is -0.370 e. The summed E-state index contributed by atoms with van der Waals surface area (Å²) in [5.74, 6) is 1.96. The fourth-order valence-electron chi connectivity index (χ4n) is 3.95. The molecule has 3 rings (SSSR count). The highest BCUT2D eigenvalue weighted by molar-refractivity contribution is 7.99. The molecule has 0 radical (unpaired) electrons. The molecular formula is C23H33N5O2S. The second-order valence-corrected chi connectivity index (χ2v) is 9.61. The molecule has 31 heavy (non-hydrogen) atoms. The molecule has 2 aromatic rings. The van der Waals surface area contributed by atoms with E-state index >= 15 is 0 Å². The highest BCUT2D eigenvalue weighted by Gasteiger charge is 2.24. The quantitative estimate of drug-likeness (QED) is 0.570. The molecule has 0 unspecified atom stereocenters. The number of rotatable bonds is 10. The van der Waals surface area contributed by atoms with Gasteiger partial charge in [-0.25, -0.2) is 0 Å². The molecule has 1 saturated heterocycles. The lowest BCUT2D eigenvalue weighted by atomic mass is 9.90. The Bertz CT molecular complexity index is 860. The first-order valence-corrected chi connectivity index (χ1v) is 12.1. The summed E-state index contributed by atoms with van der Waals surface area (Å²) in [7, 11) is 0. The molecule has 0 saturated carbocycles. The van der Waals surface area contributed by atoms with Gasteiger partial charge in [-0.05, 0) is 36.7 Å². The van der Waals surface area contributed by atoms with Gasteiger partial charge in [0.15, 0.2) is 5.16 Å². The Balaban J connectivity index is 1.50. The normalized spacial score (nSPS) is 14.9. The van der Waals surface area contributed by atoms with E-state index in [-0.39, 0.29) is 18.2 Å². The number of benzene rings is 1. The van der Waals surface area contributed by atoms with Gasteiger partial charge in [0.2, 0.25) is 11.8 Å². The summed E-state index contributed by atoms with van der Waals surface area (Å²) < 4.78 is 2.03. The Morgan fingerprint density at radius 2 is 1.87 bits per heavy atom. The number of piperidine rings is 1. The van der Waals surface area contributed by atoms with Gasteiger partial charge in [0.1, 0.15) is 5.82 Å². The van der Waals surface area contributed by atoms with E-state index in [1.807, 2.05) is 15.5 Å². The largest absolute Gasteiger partial charge is 0.370 e. The zero-order valence-corrected chi connectivity index (χ0v) is 19.3. The average molecular weight is 444 g/mol. The predicted molar refractivity (Wildman–Crippen MR) is 123 cm³/mol. The van der Waals surface area contributed by atoms with Crippen molar-refractivity contribution in [2.24, 2.45) is 17.6 Å². The van der Waals surface area contributed by atoms with Crippen molar-refractivity contribution in [3.8, 4) is 0 Å². The summed E-state index contributed by atoms with van der Waals surface area (Å²) in [4.78, 5) is 25.9. The molecule has 0 aliphatic carbocycles. The van der Waals surface area contributed by atoms with E-state index in [0.29, 0.717) is 24.0 Å². The van der Waals surface area contributed by atoms with Gasteiger partial charge in [0.25, 0.3) is 0 Å². The predicted octanol–water partition coefficient (Wildman–Crippen LogP) is 2.93. The molecule has 1 aromatic carbocycles. The monoisotopic (exact) mass is 443 g/mol. The van der Waals surface area contributed by atoms with Crippen LogP contribution in [-0.2, 0) is 29.0 Å². The Morgan fingerprint density at radius 1 is 1.16 bits per heavy atom. The van der Waals surface area contributed by atoms with Crippen LogP contribution in [0.3, 0.4) is 0 Å². The number of hydrogen-bond acceptors (Lipinski definition) is 5. The van der Waals surface area contributed by atoms with Crippen molar-refractivity contribution in [2.75, 3.05) is 18.8 Å². The topological polar surface area (TPSA) is 94.1 Å². The van der Waals surface area contributed by atoms with Gasteiger partial charge >= 0.3 is 0 Å². The Morgan fingerprint density at radius 3 is 2.52 bits per heavy atom. The van der Waals surface area contributed by atoms with Crippen molar-refractivity contribution in [1.82, 2.24) is 19.7 Å².